The maximum atomic E-state index is 5.22. The van der Waals surface area contributed by atoms with E-state index in [0.29, 0.717) is 12.1 Å². The molecule has 1 atom stereocenters. The first-order chi connectivity index (χ1) is 10.3. The maximum absolute atomic E-state index is 5.22. The Morgan fingerprint density at radius 3 is 2.71 bits per heavy atom. The quantitative estimate of drug-likeness (QED) is 0.846. The van der Waals surface area contributed by atoms with Crippen LogP contribution < -0.4 is 10.1 Å². The lowest BCUT2D eigenvalue weighted by Crippen LogP contribution is -2.21. The summed E-state index contributed by atoms with van der Waals surface area (Å²) >= 11 is 0. The lowest BCUT2D eigenvalue weighted by atomic mass is 10.0. The molecule has 0 spiro atoms. The van der Waals surface area contributed by atoms with E-state index in [2.05, 4.69) is 33.9 Å². The van der Waals surface area contributed by atoms with Crippen LogP contribution >= 0.6 is 0 Å². The number of nitrogens with one attached hydrogen (secondary N) is 1. The molecule has 1 aliphatic rings. The van der Waals surface area contributed by atoms with Crippen LogP contribution in [-0.4, -0.2) is 16.7 Å². The molecule has 1 saturated carbocycles. The fourth-order valence-corrected chi connectivity index (χ4v) is 2.71. The monoisotopic (exact) mass is 285 g/mol. The molecule has 0 amide bonds. The number of nitrogens with zero attached hydrogens (tertiary/aromatic N) is 2. The normalized spacial score (nSPS) is 15.9. The van der Waals surface area contributed by atoms with E-state index in [9.17, 15) is 0 Å². The van der Waals surface area contributed by atoms with Crippen molar-refractivity contribution < 1.29 is 4.74 Å². The first-order valence-corrected chi connectivity index (χ1v) is 7.70. The third-order valence-corrected chi connectivity index (χ3v) is 4.14. The van der Waals surface area contributed by atoms with E-state index in [1.54, 1.807) is 7.11 Å². The molecule has 1 N–H and O–H groups in total. The molecule has 0 saturated heterocycles. The Morgan fingerprint density at radius 2 is 2.10 bits per heavy atom. The predicted molar refractivity (Wildman–Crippen MR) is 83.4 cm³/mol. The molecule has 2 aromatic rings. The smallest absolute Gasteiger partial charge is 0.118 e. The van der Waals surface area contributed by atoms with Crippen LogP contribution in [0.4, 0.5) is 0 Å². The zero-order valence-corrected chi connectivity index (χ0v) is 12.7. The Labute approximate surface area is 126 Å². The van der Waals surface area contributed by atoms with Gasteiger partial charge in [0, 0.05) is 24.8 Å². The van der Waals surface area contributed by atoms with Crippen LogP contribution in [0, 0.1) is 0 Å². The van der Waals surface area contributed by atoms with Crippen molar-refractivity contribution >= 4 is 0 Å². The van der Waals surface area contributed by atoms with Crippen molar-refractivity contribution in [1.82, 2.24) is 14.9 Å². The van der Waals surface area contributed by atoms with Crippen LogP contribution in [0.15, 0.2) is 36.8 Å². The summed E-state index contributed by atoms with van der Waals surface area (Å²) in [6, 6.07) is 9.36. The van der Waals surface area contributed by atoms with E-state index in [4.69, 9.17) is 4.74 Å². The van der Waals surface area contributed by atoms with Crippen LogP contribution in [0.2, 0.25) is 0 Å². The number of aromatic nitrogens is 2. The summed E-state index contributed by atoms with van der Waals surface area (Å²) in [5, 5.41) is 3.65. The first-order valence-electron chi connectivity index (χ1n) is 7.70. The Bertz CT molecular complexity index is 572. The summed E-state index contributed by atoms with van der Waals surface area (Å²) in [4.78, 5) is 4.29. The van der Waals surface area contributed by atoms with Gasteiger partial charge in [-0.3, -0.25) is 0 Å². The predicted octanol–water partition coefficient (Wildman–Crippen LogP) is 3.47. The zero-order chi connectivity index (χ0) is 14.7. The molecular formula is C17H23N3O. The van der Waals surface area contributed by atoms with Crippen molar-refractivity contribution in [3.8, 4) is 5.75 Å². The highest BCUT2D eigenvalue weighted by Crippen LogP contribution is 2.35. The minimum atomic E-state index is 0.360. The minimum absolute atomic E-state index is 0.360. The molecule has 112 valence electrons. The molecule has 0 radical (unpaired) electrons. The van der Waals surface area contributed by atoms with Crippen molar-refractivity contribution in [2.45, 2.75) is 44.8 Å². The average molecular weight is 285 g/mol. The Hall–Kier alpha value is -1.81. The maximum Gasteiger partial charge on any atom is 0.118 e. The van der Waals surface area contributed by atoms with Gasteiger partial charge in [0.25, 0.3) is 0 Å². The highest BCUT2D eigenvalue weighted by atomic mass is 16.5. The lowest BCUT2D eigenvalue weighted by molar-refractivity contribution is 0.414. The Kier molecular flexibility index (Phi) is 4.25. The Balaban J connectivity index is 1.64. The third-order valence-electron chi connectivity index (χ3n) is 4.14. The number of rotatable bonds is 7. The van der Waals surface area contributed by atoms with Gasteiger partial charge in [0.15, 0.2) is 0 Å². The summed E-state index contributed by atoms with van der Waals surface area (Å²) in [6.07, 6.45) is 7.58. The van der Waals surface area contributed by atoms with Crippen LogP contribution in [0.25, 0.3) is 0 Å². The van der Waals surface area contributed by atoms with E-state index < -0.39 is 0 Å². The second-order valence-electron chi connectivity index (χ2n) is 5.64. The molecule has 3 rings (SSSR count). The number of ether oxygens (including phenoxy) is 1. The van der Waals surface area contributed by atoms with Crippen molar-refractivity contribution in [3.63, 3.8) is 0 Å². The summed E-state index contributed by atoms with van der Waals surface area (Å²) < 4.78 is 7.53. The fraction of sp³-hybridized carbons (Fsp3) is 0.471. The molecule has 1 aromatic carbocycles. The van der Waals surface area contributed by atoms with Gasteiger partial charge in [0.05, 0.1) is 19.1 Å². The largest absolute Gasteiger partial charge is 0.497 e. The first kappa shape index (κ1) is 14.1. The van der Waals surface area contributed by atoms with Gasteiger partial charge < -0.3 is 14.6 Å². The second kappa shape index (κ2) is 6.31. The molecule has 1 heterocycles. The lowest BCUT2D eigenvalue weighted by Gasteiger charge is -2.18. The fourth-order valence-electron chi connectivity index (χ4n) is 2.71. The molecule has 0 bridgehead atoms. The van der Waals surface area contributed by atoms with E-state index in [1.165, 1.54) is 24.1 Å². The van der Waals surface area contributed by atoms with E-state index in [1.807, 2.05) is 24.7 Å². The number of hydrogen-bond acceptors (Lipinski definition) is 3. The van der Waals surface area contributed by atoms with Crippen molar-refractivity contribution in [2.24, 2.45) is 0 Å². The molecule has 1 aromatic heterocycles. The average Bonchev–Trinajstić information content (AvgIpc) is 3.27. The highest BCUT2D eigenvalue weighted by molar-refractivity contribution is 5.29. The molecule has 1 aliphatic carbocycles. The molecule has 21 heavy (non-hydrogen) atoms. The summed E-state index contributed by atoms with van der Waals surface area (Å²) in [7, 11) is 1.70. The SMILES string of the molecule is CCC(NCc1cncn1C1CC1)c1ccc(OC)cc1. The Morgan fingerprint density at radius 1 is 1.33 bits per heavy atom. The van der Waals surface area contributed by atoms with Gasteiger partial charge in [-0.05, 0) is 37.0 Å². The van der Waals surface area contributed by atoms with Crippen LogP contribution in [0.5, 0.6) is 5.75 Å². The molecule has 1 unspecified atom stereocenters. The molecule has 4 nitrogen and oxygen atoms in total. The van der Waals surface area contributed by atoms with Crippen LogP contribution in [0.3, 0.4) is 0 Å². The molecule has 1 fully saturated rings. The third kappa shape index (κ3) is 3.27. The van der Waals surface area contributed by atoms with E-state index in [0.717, 1.165) is 18.7 Å². The second-order valence-corrected chi connectivity index (χ2v) is 5.64. The van der Waals surface area contributed by atoms with Gasteiger partial charge in [0.2, 0.25) is 0 Å². The zero-order valence-electron chi connectivity index (χ0n) is 12.7. The van der Waals surface area contributed by atoms with Gasteiger partial charge >= 0.3 is 0 Å². The van der Waals surface area contributed by atoms with Gasteiger partial charge in [0.1, 0.15) is 5.75 Å². The topological polar surface area (TPSA) is 39.1 Å². The van der Waals surface area contributed by atoms with Crippen LogP contribution in [-0.2, 0) is 6.54 Å². The van der Waals surface area contributed by atoms with Crippen molar-refractivity contribution in [1.29, 1.82) is 0 Å². The number of methoxy groups -OCH3 is 1. The summed E-state index contributed by atoms with van der Waals surface area (Å²) in [6.45, 7) is 3.07. The highest BCUT2D eigenvalue weighted by Gasteiger charge is 2.25. The van der Waals surface area contributed by atoms with Gasteiger partial charge in [-0.25, -0.2) is 4.98 Å². The molecular weight excluding hydrogens is 262 g/mol. The molecule has 0 aliphatic heterocycles. The number of hydrogen-bond donors (Lipinski definition) is 1. The van der Waals surface area contributed by atoms with E-state index >= 15 is 0 Å². The van der Waals surface area contributed by atoms with Crippen LogP contribution in [0.1, 0.15) is 49.5 Å². The van der Waals surface area contributed by atoms with Gasteiger partial charge in [-0.15, -0.1) is 0 Å². The standard InChI is InChI=1S/C17H23N3O/c1-3-17(13-4-8-16(21-2)9-5-13)19-11-15-10-18-12-20(15)14-6-7-14/h4-5,8-10,12,14,17,19H,3,6-7,11H2,1-2H3. The number of imidazole rings is 1. The van der Waals surface area contributed by atoms with Crippen molar-refractivity contribution in [2.75, 3.05) is 7.11 Å². The van der Waals surface area contributed by atoms with Gasteiger partial charge in [-0.2, -0.15) is 0 Å². The van der Waals surface area contributed by atoms with Gasteiger partial charge in [-0.1, -0.05) is 19.1 Å². The minimum Gasteiger partial charge on any atom is -0.497 e. The van der Waals surface area contributed by atoms with E-state index in [-0.39, 0.29) is 0 Å². The summed E-state index contributed by atoms with van der Waals surface area (Å²) in [5.74, 6) is 0.903. The van der Waals surface area contributed by atoms with Crippen molar-refractivity contribution in [3.05, 3.63) is 48.0 Å². The molecule has 4 heteroatoms. The number of benzene rings is 1. The summed E-state index contributed by atoms with van der Waals surface area (Å²) in [5.41, 5.74) is 2.58.